The number of carbonyl (C=O) groups is 17. The number of hydrogen-bond donors (Lipinski definition) is 21. The smallest absolute Gasteiger partial charge is 0.246 e. The van der Waals surface area contributed by atoms with E-state index in [1.807, 2.05) is 32.0 Å². The zero-order valence-electron chi connectivity index (χ0n) is 77.8. The van der Waals surface area contributed by atoms with E-state index in [4.69, 9.17) is 22.6 Å². The molecule has 3 aromatic heterocycles. The maximum absolute atomic E-state index is 15.8. The van der Waals surface area contributed by atoms with Gasteiger partial charge in [0.15, 0.2) is 5.96 Å². The largest absolute Gasteiger partial charge is 0.508 e. The number of guanidine groups is 1. The molecule has 137 heavy (non-hydrogen) atoms. The molecule has 1 unspecified atom stereocenters. The van der Waals surface area contributed by atoms with Crippen molar-refractivity contribution in [2.45, 2.75) is 234 Å². The van der Waals surface area contributed by atoms with Crippen molar-refractivity contribution in [1.82, 2.24) is 97.9 Å². The highest BCUT2D eigenvalue weighted by Crippen LogP contribution is 2.30. The number of para-hydroxylation sites is 1. The van der Waals surface area contributed by atoms with E-state index >= 15 is 38.4 Å². The minimum atomic E-state index is -1.91. The summed E-state index contributed by atoms with van der Waals surface area (Å²) in [5.74, 6) is -18.8. The van der Waals surface area contributed by atoms with Crippen LogP contribution in [0, 0.1) is 11.3 Å². The monoisotopic (exact) mass is 1940 g/mol. The molecule has 3 fully saturated rings. The third-order valence-electron chi connectivity index (χ3n) is 24.2. The summed E-state index contributed by atoms with van der Waals surface area (Å²) in [6, 6.07) is -2.86. The van der Waals surface area contributed by atoms with Crippen molar-refractivity contribution in [2.24, 2.45) is 23.1 Å². The van der Waals surface area contributed by atoms with Crippen LogP contribution in [0.4, 0.5) is 0 Å². The zero-order chi connectivity index (χ0) is 100. The first-order valence-electron chi connectivity index (χ1n) is 45.5. The Balaban J connectivity index is 1.11. The molecular formula is C91H127N23O21S2. The number of rotatable bonds is 26. The lowest BCUT2D eigenvalue weighted by Gasteiger charge is -2.36. The van der Waals surface area contributed by atoms with Crippen LogP contribution in [0.3, 0.4) is 0 Å². The van der Waals surface area contributed by atoms with Crippen LogP contribution in [0.5, 0.6) is 5.75 Å². The summed E-state index contributed by atoms with van der Waals surface area (Å²) in [7, 11) is 3.87. The van der Waals surface area contributed by atoms with Crippen molar-refractivity contribution in [3.05, 3.63) is 119 Å². The molecule has 24 N–H and O–H groups in total. The van der Waals surface area contributed by atoms with Gasteiger partial charge in [-0.25, -0.2) is 4.98 Å². The Morgan fingerprint density at radius 3 is 1.69 bits per heavy atom. The normalized spacial score (nSPS) is 25.1. The van der Waals surface area contributed by atoms with Gasteiger partial charge in [0.2, 0.25) is 100 Å². The standard InChI is InChI=1S/C91H127N23O21S2/c1-9-11-22-69-83(128)102-60(21-17-29-97-91(94)95)79(124)109-68(78(123)99-40-75(93)120)45-136-46-76(121)101-64(31-50-25-27-54(116)28-26-50)86(131)110(6)49(5)77(122)105-66(37-74(92)119)89(134)114-42-56(118)36-72(114)85(130)104-62(34-53-39-96-47-100-53)81(126)106-63(30-48(3)4)88(133)113-41-55(117)35-71(113)84(129)103-61(32-51-38-98-59-20-15-13-18-57(51)59)80(125)108-67(43-115)82(127)107-65(33-52-44-137-73-24-16-14-19-58(52)73)87(132)112(8)70(23-12-10-2)90(135)111(69)7/h13-16,18-20,24-28,38-39,44,47-49,55-56,60-72,98,115-118H,9-12,17,21-23,29-37,40-43,45-46H2,1-8H3,(H2,92,119)(H2,93,120)(H,96,100)(H,99,123)(H,101,121)(H,102,128)(H,103,129)(H,104,130)(H,105,122)(H,106,126)(H,107,127)(H,108,125)(H,109,124)(H4,94,95,97)/t49-,55+,56+,60-,61-,62-,63-,64-,65-,66-,67-,68?,69-,70-,71-,72-/m0/s1. The fourth-order valence-corrected chi connectivity index (χ4v) is 18.5. The first-order valence-corrected chi connectivity index (χ1v) is 47.6. The van der Waals surface area contributed by atoms with Gasteiger partial charge in [-0.15, -0.1) is 23.1 Å². The number of imidazole rings is 1. The van der Waals surface area contributed by atoms with Crippen LogP contribution in [0.2, 0.25) is 0 Å². The molecule has 3 saturated heterocycles. The van der Waals surface area contributed by atoms with E-state index in [2.05, 4.69) is 73.4 Å². The number of unbranched alkanes of at least 4 members (excludes halogenated alkanes) is 2. The molecule has 46 heteroatoms. The number of primary amides is 2. The molecule has 6 heterocycles. The van der Waals surface area contributed by atoms with Crippen LogP contribution in [-0.2, 0) is 107 Å². The number of likely N-dealkylation sites (N-methyl/N-ethyl adjacent to an activating group) is 3. The summed E-state index contributed by atoms with van der Waals surface area (Å²) in [6.07, 6.45) is -0.386. The lowest BCUT2D eigenvalue weighted by molar-refractivity contribution is -0.149. The third kappa shape index (κ3) is 30.1. The molecule has 6 aromatic rings. The lowest BCUT2D eigenvalue weighted by Crippen LogP contribution is -2.62. The quantitative estimate of drug-likeness (QED) is 0.0144. The number of benzene rings is 3. The molecule has 9 rings (SSSR count). The molecule has 17 amide bonds. The third-order valence-corrected chi connectivity index (χ3v) is 26.3. The van der Waals surface area contributed by atoms with Gasteiger partial charge in [0.05, 0.1) is 43.9 Å². The fraction of sp³-hybridized carbons (Fsp3) is 0.527. The van der Waals surface area contributed by atoms with Crippen LogP contribution < -0.4 is 75.7 Å². The van der Waals surface area contributed by atoms with Gasteiger partial charge in [0, 0.05) is 119 Å². The van der Waals surface area contributed by atoms with Crippen LogP contribution in [0.1, 0.15) is 134 Å². The summed E-state index contributed by atoms with van der Waals surface area (Å²) < 4.78 is 0.805. The Morgan fingerprint density at radius 1 is 0.547 bits per heavy atom. The number of phenolic OH excluding ortho intramolecular Hbond substituents is 1. The van der Waals surface area contributed by atoms with E-state index in [1.54, 1.807) is 55.8 Å². The van der Waals surface area contributed by atoms with E-state index in [9.17, 15) is 63.6 Å². The van der Waals surface area contributed by atoms with Crippen molar-refractivity contribution in [3.63, 3.8) is 0 Å². The molecule has 44 nitrogen and oxygen atoms in total. The molecule has 0 bridgehead atoms. The van der Waals surface area contributed by atoms with E-state index < -0.39 is 266 Å². The zero-order valence-corrected chi connectivity index (χ0v) is 79.4. The Kier molecular flexibility index (Phi) is 40.0. The highest BCUT2D eigenvalue weighted by Gasteiger charge is 2.48. The molecule has 744 valence electrons. The number of nitrogens with zero attached hydrogens (tertiary/aromatic N) is 6. The molecular weight excluding hydrogens is 1820 g/mol. The SMILES string of the molecule is CCCC[C@H]1C(=O)N(C)[C@@H](CCCC)C(=O)N[C@@H](CCCNC(=N)N)C(=O)NC(C(=O)NCC(N)=O)CSCC(=O)N[C@@H](Cc2ccc(O)cc2)C(=O)N(C)[C@@H](C)C(=O)N[C@@H](CC(N)=O)C(=O)N2C[C@H](O)C[C@H]2C(=O)N[C@@H](Cc2cnc[nH]2)C(=O)N[C@@H](CC(C)C)C(=O)N2C[C@H](O)C[C@H]2C(=O)N[C@@H](Cc2c[nH]c3ccccc23)C(=O)N[C@@H](CO)C(=O)N[C@@H](Cc2csc3ccccc23)C(=O)N1C. The number of hydrogen-bond acceptors (Lipinski definition) is 25. The first kappa shape index (κ1) is 107. The molecule has 0 spiro atoms. The Bertz CT molecular complexity index is 5290. The van der Waals surface area contributed by atoms with E-state index in [-0.39, 0.29) is 75.8 Å². The van der Waals surface area contributed by atoms with E-state index in [0.29, 0.717) is 58.7 Å². The summed E-state index contributed by atoms with van der Waals surface area (Å²) in [4.78, 5) is 266. The number of aromatic hydroxyl groups is 1. The number of phenols is 1. The highest BCUT2D eigenvalue weighted by atomic mass is 32.2. The molecule has 16 atom stereocenters. The number of amides is 17. The second kappa shape index (κ2) is 51.0. The number of aliphatic hydroxyl groups is 3. The first-order chi connectivity index (χ1) is 65.2. The molecule has 3 aliphatic rings. The van der Waals surface area contributed by atoms with Gasteiger partial charge < -0.3 is 131 Å². The van der Waals surface area contributed by atoms with Crippen LogP contribution in [-0.4, -0.2) is 328 Å². The van der Waals surface area contributed by atoms with E-state index in [0.717, 1.165) is 41.0 Å². The van der Waals surface area contributed by atoms with Crippen LogP contribution in [0.15, 0.2) is 96.9 Å². The average molecular weight is 1940 g/mol. The van der Waals surface area contributed by atoms with Crippen molar-refractivity contribution >= 4 is 150 Å². The van der Waals surface area contributed by atoms with Crippen LogP contribution in [0.25, 0.3) is 21.0 Å². The topological polar surface area (TPSA) is 666 Å². The Hall–Kier alpha value is -13.3. The lowest BCUT2D eigenvalue weighted by atomic mass is 10.00. The number of thiophene rings is 1. The maximum Gasteiger partial charge on any atom is 0.246 e. The number of nitrogens with one attached hydrogen (secondary N) is 14. The predicted molar refractivity (Wildman–Crippen MR) is 505 cm³/mol. The van der Waals surface area contributed by atoms with Crippen molar-refractivity contribution in [3.8, 4) is 5.75 Å². The fourth-order valence-electron chi connectivity index (χ4n) is 16.7. The van der Waals surface area contributed by atoms with Crippen LogP contribution >= 0.6 is 23.1 Å². The minimum absolute atomic E-state index is 0.0113. The molecule has 3 aromatic carbocycles. The number of aromatic amines is 2. The van der Waals surface area contributed by atoms with Gasteiger partial charge in [-0.05, 0) is 96.7 Å². The molecule has 0 radical (unpaired) electrons. The summed E-state index contributed by atoms with van der Waals surface area (Å²) >= 11 is 2.09. The van der Waals surface area contributed by atoms with Crippen molar-refractivity contribution in [1.29, 1.82) is 5.41 Å². The van der Waals surface area contributed by atoms with Crippen molar-refractivity contribution in [2.75, 3.05) is 65.4 Å². The summed E-state index contributed by atoms with van der Waals surface area (Å²) in [6.45, 7) is 5.42. The minimum Gasteiger partial charge on any atom is -0.508 e. The number of H-pyrrole nitrogens is 2. The summed E-state index contributed by atoms with van der Waals surface area (Å²) in [5, 5.41) is 84.0. The predicted octanol–water partition coefficient (Wildman–Crippen LogP) is -3.22. The molecule has 0 aliphatic carbocycles. The summed E-state index contributed by atoms with van der Waals surface area (Å²) in [5.41, 5.74) is 19.1. The number of nitrogens with two attached hydrogens (primary N) is 3. The van der Waals surface area contributed by atoms with Gasteiger partial charge in [-0.3, -0.25) is 86.9 Å². The van der Waals surface area contributed by atoms with Gasteiger partial charge in [-0.2, -0.15) is 0 Å². The number of thioether (sulfide) groups is 1. The van der Waals surface area contributed by atoms with Gasteiger partial charge in [0.25, 0.3) is 0 Å². The van der Waals surface area contributed by atoms with Crippen molar-refractivity contribution < 1.29 is 102 Å². The van der Waals surface area contributed by atoms with Gasteiger partial charge in [-0.1, -0.05) is 102 Å². The van der Waals surface area contributed by atoms with E-state index in [1.165, 1.54) is 76.2 Å². The number of aromatic nitrogens is 3. The molecule has 0 saturated carbocycles. The number of carbonyl (C=O) groups excluding carboxylic acids is 17. The Labute approximate surface area is 799 Å². The van der Waals surface area contributed by atoms with Gasteiger partial charge in [0.1, 0.15) is 90.3 Å². The average Bonchev–Trinajstić information content (AvgIpc) is 1.51. The second-order valence-corrected chi connectivity index (χ2v) is 37.0. The number of fused-ring (bicyclic) bond motifs is 4. The molecule has 3 aliphatic heterocycles. The van der Waals surface area contributed by atoms with Gasteiger partial charge >= 0.3 is 0 Å². The number of aliphatic hydroxyl groups excluding tert-OH is 3. The second-order valence-electron chi connectivity index (χ2n) is 35.1. The highest BCUT2D eigenvalue weighted by molar-refractivity contribution is 8.00. The maximum atomic E-state index is 15.8. The Morgan fingerprint density at radius 2 is 1.09 bits per heavy atom.